The number of aromatic nitrogens is 1. The predicted octanol–water partition coefficient (Wildman–Crippen LogP) is 2.53. The van der Waals surface area contributed by atoms with E-state index in [9.17, 15) is 4.79 Å². The summed E-state index contributed by atoms with van der Waals surface area (Å²) in [6.07, 6.45) is 4.24. The van der Waals surface area contributed by atoms with Gasteiger partial charge in [0.05, 0.1) is 0 Å². The third-order valence-electron chi connectivity index (χ3n) is 1.64. The van der Waals surface area contributed by atoms with Gasteiger partial charge in [0.2, 0.25) is 0 Å². The maximum Gasteiger partial charge on any atom is 0.155 e. The number of halogens is 1. The Hall–Kier alpha value is -0.960. The Kier molecular flexibility index (Phi) is 3.83. The first-order valence-corrected chi connectivity index (χ1v) is 4.77. The van der Waals surface area contributed by atoms with Crippen molar-refractivity contribution in [2.24, 2.45) is 0 Å². The summed E-state index contributed by atoms with van der Waals surface area (Å²) < 4.78 is 0.950. The molecule has 13 heavy (non-hydrogen) atoms. The number of aryl methyl sites for hydroxylation is 1. The first-order valence-electron chi connectivity index (χ1n) is 3.98. The van der Waals surface area contributed by atoms with Crippen molar-refractivity contribution < 1.29 is 4.79 Å². The molecule has 0 aliphatic heterocycles. The van der Waals surface area contributed by atoms with E-state index in [1.807, 2.05) is 12.1 Å². The number of allylic oxidation sites excluding steroid dienone is 1. The van der Waals surface area contributed by atoms with Crippen LogP contribution >= 0.6 is 15.9 Å². The molecule has 0 amide bonds. The smallest absolute Gasteiger partial charge is 0.155 e. The van der Waals surface area contributed by atoms with Crippen LogP contribution in [-0.4, -0.2) is 10.8 Å². The van der Waals surface area contributed by atoms with Crippen molar-refractivity contribution in [1.29, 1.82) is 0 Å². The second-order valence-electron chi connectivity index (χ2n) is 2.64. The lowest BCUT2D eigenvalue weighted by atomic mass is 10.1. The summed E-state index contributed by atoms with van der Waals surface area (Å²) in [6.45, 7) is 3.41. The second kappa shape index (κ2) is 4.92. The molecular formula is C10H10BrNO. The average Bonchev–Trinajstić information content (AvgIpc) is 2.16. The summed E-state index contributed by atoms with van der Waals surface area (Å²) in [4.78, 5) is 15.0. The third-order valence-corrected chi connectivity index (χ3v) is 2.11. The maximum atomic E-state index is 10.9. The van der Waals surface area contributed by atoms with Crippen LogP contribution in [0.5, 0.6) is 0 Å². The molecule has 3 heteroatoms. The molecule has 0 saturated heterocycles. The molecule has 0 fully saturated rings. The van der Waals surface area contributed by atoms with Gasteiger partial charge in [-0.3, -0.25) is 9.78 Å². The quantitative estimate of drug-likeness (QED) is 0.757. The van der Waals surface area contributed by atoms with E-state index in [1.54, 1.807) is 6.20 Å². The van der Waals surface area contributed by atoms with Crippen LogP contribution in [0.3, 0.4) is 0 Å². The molecule has 0 spiro atoms. The number of carbonyl (C=O) groups is 1. The molecule has 1 aromatic heterocycles. The molecule has 1 heterocycles. The standard InChI is InChI=1S/C10H10BrNO/c1-2-10(13)6-5-9-4-3-8(11)7-12-9/h2-4,7H,1,5-6H2. The number of rotatable bonds is 4. The Balaban J connectivity index is 2.50. The zero-order valence-corrected chi connectivity index (χ0v) is 8.75. The number of pyridine rings is 1. The summed E-state index contributed by atoms with van der Waals surface area (Å²) in [7, 11) is 0. The number of hydrogen-bond acceptors (Lipinski definition) is 2. The van der Waals surface area contributed by atoms with Gasteiger partial charge in [0.25, 0.3) is 0 Å². The van der Waals surface area contributed by atoms with Crippen LogP contribution in [-0.2, 0) is 11.2 Å². The summed E-state index contributed by atoms with van der Waals surface area (Å²) in [6, 6.07) is 3.82. The highest BCUT2D eigenvalue weighted by Crippen LogP contribution is 2.08. The highest BCUT2D eigenvalue weighted by molar-refractivity contribution is 9.10. The van der Waals surface area contributed by atoms with E-state index >= 15 is 0 Å². The van der Waals surface area contributed by atoms with Gasteiger partial charge in [-0.05, 0) is 40.6 Å². The maximum absolute atomic E-state index is 10.9. The first kappa shape index (κ1) is 10.1. The van der Waals surface area contributed by atoms with Crippen molar-refractivity contribution in [3.05, 3.63) is 41.2 Å². The molecule has 2 nitrogen and oxygen atoms in total. The van der Waals surface area contributed by atoms with E-state index in [0.717, 1.165) is 10.2 Å². The Bertz CT molecular complexity index is 305. The van der Waals surface area contributed by atoms with Gasteiger partial charge in [-0.25, -0.2) is 0 Å². The van der Waals surface area contributed by atoms with Crippen molar-refractivity contribution in [2.45, 2.75) is 12.8 Å². The summed E-state index contributed by atoms with van der Waals surface area (Å²) in [5, 5.41) is 0. The fourth-order valence-corrected chi connectivity index (χ4v) is 1.14. The molecule has 0 bridgehead atoms. The molecule has 0 N–H and O–H groups in total. The van der Waals surface area contributed by atoms with E-state index < -0.39 is 0 Å². The van der Waals surface area contributed by atoms with Gasteiger partial charge in [0.1, 0.15) is 0 Å². The van der Waals surface area contributed by atoms with Crippen LogP contribution in [0.4, 0.5) is 0 Å². The average molecular weight is 240 g/mol. The number of nitrogens with zero attached hydrogens (tertiary/aromatic N) is 1. The topological polar surface area (TPSA) is 30.0 Å². The van der Waals surface area contributed by atoms with E-state index in [-0.39, 0.29) is 5.78 Å². The van der Waals surface area contributed by atoms with Gasteiger partial charge in [-0.15, -0.1) is 0 Å². The molecule has 0 saturated carbocycles. The molecule has 0 radical (unpaired) electrons. The summed E-state index contributed by atoms with van der Waals surface area (Å²) in [5.41, 5.74) is 0.929. The van der Waals surface area contributed by atoms with Crippen molar-refractivity contribution >= 4 is 21.7 Å². The SMILES string of the molecule is C=CC(=O)CCc1ccc(Br)cn1. The molecule has 1 rings (SSSR count). The highest BCUT2D eigenvalue weighted by Gasteiger charge is 1.98. The lowest BCUT2D eigenvalue weighted by molar-refractivity contribution is -0.114. The molecule has 0 aliphatic carbocycles. The number of carbonyl (C=O) groups excluding carboxylic acids is 1. The van der Waals surface area contributed by atoms with Crippen molar-refractivity contribution in [1.82, 2.24) is 4.98 Å². The van der Waals surface area contributed by atoms with Gasteiger partial charge in [0, 0.05) is 22.8 Å². The van der Waals surface area contributed by atoms with Gasteiger partial charge in [0.15, 0.2) is 5.78 Å². The normalized spacial score (nSPS) is 9.62. The minimum absolute atomic E-state index is 0.0599. The van der Waals surface area contributed by atoms with Gasteiger partial charge < -0.3 is 0 Å². The minimum Gasteiger partial charge on any atom is -0.295 e. The Morgan fingerprint density at radius 3 is 2.92 bits per heavy atom. The van der Waals surface area contributed by atoms with Gasteiger partial charge in [-0.2, -0.15) is 0 Å². The third kappa shape index (κ3) is 3.51. The fourth-order valence-electron chi connectivity index (χ4n) is 0.908. The molecule has 68 valence electrons. The Labute approximate surface area is 85.8 Å². The van der Waals surface area contributed by atoms with Crippen LogP contribution in [0.1, 0.15) is 12.1 Å². The van der Waals surface area contributed by atoms with Crippen LogP contribution in [0.25, 0.3) is 0 Å². The van der Waals surface area contributed by atoms with Crippen LogP contribution in [0, 0.1) is 0 Å². The molecule has 1 aromatic rings. The Morgan fingerprint density at radius 2 is 2.38 bits per heavy atom. The molecule has 0 aromatic carbocycles. The predicted molar refractivity (Wildman–Crippen MR) is 55.5 cm³/mol. The highest BCUT2D eigenvalue weighted by atomic mass is 79.9. The van der Waals surface area contributed by atoms with Crippen molar-refractivity contribution in [2.75, 3.05) is 0 Å². The van der Waals surface area contributed by atoms with E-state index in [4.69, 9.17) is 0 Å². The Morgan fingerprint density at radius 1 is 1.62 bits per heavy atom. The van der Waals surface area contributed by atoms with Crippen LogP contribution < -0.4 is 0 Å². The van der Waals surface area contributed by atoms with E-state index in [0.29, 0.717) is 12.8 Å². The van der Waals surface area contributed by atoms with Crippen LogP contribution in [0.15, 0.2) is 35.5 Å². The lowest BCUT2D eigenvalue weighted by Crippen LogP contribution is -1.96. The van der Waals surface area contributed by atoms with Crippen molar-refractivity contribution in [3.63, 3.8) is 0 Å². The largest absolute Gasteiger partial charge is 0.295 e. The second-order valence-corrected chi connectivity index (χ2v) is 3.55. The lowest BCUT2D eigenvalue weighted by Gasteiger charge is -1.97. The number of ketones is 1. The summed E-state index contributed by atoms with van der Waals surface area (Å²) >= 11 is 3.29. The molecule has 0 unspecified atom stereocenters. The zero-order valence-electron chi connectivity index (χ0n) is 7.16. The minimum atomic E-state index is 0.0599. The van der Waals surface area contributed by atoms with E-state index in [1.165, 1.54) is 6.08 Å². The molecular weight excluding hydrogens is 230 g/mol. The van der Waals surface area contributed by atoms with Crippen LogP contribution in [0.2, 0.25) is 0 Å². The van der Waals surface area contributed by atoms with Gasteiger partial charge in [-0.1, -0.05) is 6.58 Å². The molecule has 0 aliphatic rings. The van der Waals surface area contributed by atoms with Crippen molar-refractivity contribution in [3.8, 4) is 0 Å². The fraction of sp³-hybridized carbons (Fsp3) is 0.200. The van der Waals surface area contributed by atoms with Gasteiger partial charge >= 0.3 is 0 Å². The monoisotopic (exact) mass is 239 g/mol. The molecule has 0 atom stereocenters. The first-order chi connectivity index (χ1) is 6.22. The summed E-state index contributed by atoms with van der Waals surface area (Å²) in [5.74, 6) is 0.0599. The van der Waals surface area contributed by atoms with E-state index in [2.05, 4.69) is 27.5 Å². The zero-order chi connectivity index (χ0) is 9.68. The number of hydrogen-bond donors (Lipinski definition) is 0.